The molecule has 11 aromatic rings. The van der Waals surface area contributed by atoms with Crippen molar-refractivity contribution in [1.82, 2.24) is 14.5 Å². The minimum Gasteiger partial charge on any atom is -0.507 e. The van der Waals surface area contributed by atoms with Crippen molar-refractivity contribution in [2.45, 2.75) is 52.4 Å². The molecule has 0 amide bonds. The van der Waals surface area contributed by atoms with Crippen LogP contribution in [0.25, 0.3) is 104 Å². The Hall–Kier alpha value is -6.65. The van der Waals surface area contributed by atoms with Gasteiger partial charge in [0.05, 0.1) is 16.7 Å². The average Bonchev–Trinajstić information content (AvgIpc) is 3.86. The number of aromatic nitrogens is 3. The molecule has 0 atom stereocenters. The maximum Gasteiger partial charge on any atom is 0.124 e. The second-order valence-corrected chi connectivity index (χ2v) is 20.3. The van der Waals surface area contributed by atoms with Gasteiger partial charge in [0.15, 0.2) is 0 Å². The van der Waals surface area contributed by atoms with Gasteiger partial charge in [-0.1, -0.05) is 138 Å². The van der Waals surface area contributed by atoms with Gasteiger partial charge in [0.2, 0.25) is 0 Å². The van der Waals surface area contributed by atoms with Crippen molar-refractivity contribution >= 4 is 53.3 Å². The van der Waals surface area contributed by atoms with Gasteiger partial charge in [0.25, 0.3) is 0 Å². The fourth-order valence-corrected chi connectivity index (χ4v) is 10.3. The second-order valence-electron chi connectivity index (χ2n) is 19.2. The minimum atomic E-state index is -0.0504. The normalized spacial score (nSPS) is 12.0. The molecular weight excluding hydrogens is 1010 g/mol. The monoisotopic (exact) mass is 1050 g/mol. The third-order valence-corrected chi connectivity index (χ3v) is 13.9. The molecule has 7 aromatic carbocycles. The summed E-state index contributed by atoms with van der Waals surface area (Å²) in [6, 6.07) is 63.8. The van der Waals surface area contributed by atoms with Crippen LogP contribution in [0, 0.1) is 6.07 Å². The first-order valence-electron chi connectivity index (χ1n) is 22.3. The molecule has 0 fully saturated rings. The second kappa shape index (κ2) is 16.7. The van der Waals surface area contributed by atoms with E-state index < -0.39 is 0 Å². The van der Waals surface area contributed by atoms with Gasteiger partial charge in [-0.3, -0.25) is 9.97 Å². The standard InChI is InChI=1S/C60H48N3OS.Pt/c1-59(2,3)42-30-40(31-43(35-42)60(4,5)6)41-33-51(62-52(34-41)48-19-8-11-22-55(48)64)38-15-13-16-39(29-38)58-45(20-14-28-61-58)37-24-26-54-49(32-37)46-17-7-10-21-53(46)63(54)44-25-27-57-50(36-44)47-18-9-12-23-56(47)65-57;/h7-28,30-36,64H,1-6H3;/q-1;. The number of pyridine rings is 2. The number of fused-ring (bicyclic) bond motifs is 6. The van der Waals surface area contributed by atoms with Gasteiger partial charge in [-0.15, -0.1) is 35.6 Å². The number of benzene rings is 7. The van der Waals surface area contributed by atoms with Crippen LogP contribution in [0.5, 0.6) is 5.75 Å². The van der Waals surface area contributed by atoms with Gasteiger partial charge in [0, 0.05) is 80.8 Å². The fraction of sp³-hybridized carbons (Fsp3) is 0.133. The summed E-state index contributed by atoms with van der Waals surface area (Å²) in [6.07, 6.45) is 1.86. The summed E-state index contributed by atoms with van der Waals surface area (Å²) in [5.74, 6) is 0.190. The Bertz CT molecular complexity index is 3630. The quantitative estimate of drug-likeness (QED) is 0.169. The number of hydrogen-bond acceptors (Lipinski definition) is 4. The van der Waals surface area contributed by atoms with E-state index in [9.17, 15) is 5.11 Å². The maximum atomic E-state index is 11.1. The Morgan fingerprint density at radius 3 is 1.94 bits per heavy atom. The minimum absolute atomic E-state index is 0. The molecule has 6 heteroatoms. The molecule has 66 heavy (non-hydrogen) atoms. The van der Waals surface area contributed by atoms with Gasteiger partial charge in [-0.25, -0.2) is 0 Å². The van der Waals surface area contributed by atoms with Gasteiger partial charge in [-0.05, 0) is 111 Å². The van der Waals surface area contributed by atoms with E-state index >= 15 is 0 Å². The van der Waals surface area contributed by atoms with Crippen molar-refractivity contribution in [3.05, 3.63) is 193 Å². The zero-order valence-corrected chi connectivity index (χ0v) is 40.8. The van der Waals surface area contributed by atoms with Crippen LogP contribution in [0.3, 0.4) is 0 Å². The summed E-state index contributed by atoms with van der Waals surface area (Å²) in [5, 5.41) is 16.1. The van der Waals surface area contributed by atoms with E-state index in [0.717, 1.165) is 56.0 Å². The predicted molar refractivity (Wildman–Crippen MR) is 274 cm³/mol. The van der Waals surface area contributed by atoms with E-state index in [-0.39, 0.29) is 37.6 Å². The Morgan fingerprint density at radius 2 is 1.15 bits per heavy atom. The summed E-state index contributed by atoms with van der Waals surface area (Å²) in [6.45, 7) is 13.6. The molecule has 326 valence electrons. The first-order chi connectivity index (χ1) is 31.4. The molecule has 11 rings (SSSR count). The van der Waals surface area contributed by atoms with Crippen molar-refractivity contribution in [3.63, 3.8) is 0 Å². The van der Waals surface area contributed by atoms with Crippen LogP contribution in [-0.2, 0) is 31.9 Å². The molecule has 0 unspecified atom stereocenters. The van der Waals surface area contributed by atoms with E-state index in [1.807, 2.05) is 41.8 Å². The summed E-state index contributed by atoms with van der Waals surface area (Å²) >= 11 is 1.84. The summed E-state index contributed by atoms with van der Waals surface area (Å²) in [4.78, 5) is 10.2. The topological polar surface area (TPSA) is 50.9 Å². The third kappa shape index (κ3) is 7.74. The molecule has 0 radical (unpaired) electrons. The Balaban J connectivity index is 0.00000511. The Kier molecular flexibility index (Phi) is 10.9. The van der Waals surface area contributed by atoms with E-state index in [2.05, 4.69) is 192 Å². The van der Waals surface area contributed by atoms with Gasteiger partial charge >= 0.3 is 0 Å². The first-order valence-corrected chi connectivity index (χ1v) is 23.1. The number of phenolic OH excluding ortho intramolecular Hbond substituents is 1. The molecule has 1 N–H and O–H groups in total. The average molecular weight is 1050 g/mol. The number of aromatic hydroxyl groups is 1. The molecule has 4 aromatic heterocycles. The zero-order chi connectivity index (χ0) is 44.6. The van der Waals surface area contributed by atoms with Gasteiger partial charge in [-0.2, -0.15) is 0 Å². The van der Waals surface area contributed by atoms with Crippen LogP contribution in [0.15, 0.2) is 176 Å². The third-order valence-electron chi connectivity index (χ3n) is 12.7. The van der Waals surface area contributed by atoms with E-state index in [1.54, 1.807) is 6.07 Å². The molecule has 0 saturated carbocycles. The Morgan fingerprint density at radius 1 is 0.500 bits per heavy atom. The van der Waals surface area contributed by atoms with Crippen LogP contribution in [-0.4, -0.2) is 19.6 Å². The molecule has 0 aliphatic rings. The summed E-state index contributed by atoms with van der Waals surface area (Å²) in [5.41, 5.74) is 14.9. The number of hydrogen-bond donors (Lipinski definition) is 1. The van der Waals surface area contributed by atoms with Crippen molar-refractivity contribution in [2.24, 2.45) is 0 Å². The number of rotatable bonds is 6. The van der Waals surface area contributed by atoms with Crippen LogP contribution in [0.1, 0.15) is 52.7 Å². The predicted octanol–water partition coefficient (Wildman–Crippen LogP) is 16.4. The van der Waals surface area contributed by atoms with Gasteiger partial charge in [0.1, 0.15) is 5.75 Å². The maximum absolute atomic E-state index is 11.1. The van der Waals surface area contributed by atoms with Crippen molar-refractivity contribution in [3.8, 4) is 67.5 Å². The van der Waals surface area contributed by atoms with Crippen molar-refractivity contribution in [1.29, 1.82) is 0 Å². The summed E-state index contributed by atoms with van der Waals surface area (Å²) in [7, 11) is 0. The number of nitrogens with zero attached hydrogens (tertiary/aromatic N) is 3. The van der Waals surface area contributed by atoms with Crippen LogP contribution in [0.4, 0.5) is 0 Å². The molecule has 0 saturated heterocycles. The Labute approximate surface area is 404 Å². The molecule has 4 heterocycles. The van der Waals surface area contributed by atoms with Crippen LogP contribution < -0.4 is 0 Å². The van der Waals surface area contributed by atoms with Crippen molar-refractivity contribution in [2.75, 3.05) is 0 Å². The smallest absolute Gasteiger partial charge is 0.124 e. The largest absolute Gasteiger partial charge is 0.507 e. The molecule has 0 aliphatic heterocycles. The molecule has 0 aliphatic carbocycles. The van der Waals surface area contributed by atoms with Crippen LogP contribution >= 0.6 is 11.3 Å². The van der Waals surface area contributed by atoms with E-state index in [1.165, 1.54) is 47.6 Å². The van der Waals surface area contributed by atoms with Crippen LogP contribution in [0.2, 0.25) is 0 Å². The number of phenols is 1. The molecule has 4 nitrogen and oxygen atoms in total. The van der Waals surface area contributed by atoms with E-state index in [0.29, 0.717) is 11.3 Å². The first kappa shape index (κ1) is 43.3. The number of thiophene rings is 1. The summed E-state index contributed by atoms with van der Waals surface area (Å²) < 4.78 is 5.00. The van der Waals surface area contributed by atoms with E-state index in [4.69, 9.17) is 9.97 Å². The molecule has 0 bridgehead atoms. The molecule has 0 spiro atoms. The van der Waals surface area contributed by atoms with Gasteiger partial charge < -0.3 is 9.67 Å². The SMILES string of the molecule is CC(C)(C)c1cc(-c2cc(-c3[c-]c(-c4ncccc4-c4ccc5c(c4)c4ccccc4n5-c4ccc5sc6ccccc6c5c4)ccc3)nc(-c3ccccc3O)c2)cc(C(C)(C)C)c1.[Pt]. The fourth-order valence-electron chi connectivity index (χ4n) is 9.20. The number of para-hydroxylation sites is 2. The molecular formula is C60H48N3OPtS-. The zero-order valence-electron chi connectivity index (χ0n) is 37.8. The van der Waals surface area contributed by atoms with Crippen molar-refractivity contribution < 1.29 is 26.2 Å².